The van der Waals surface area contributed by atoms with Gasteiger partial charge in [-0.05, 0) is 6.42 Å². The van der Waals surface area contributed by atoms with Crippen molar-refractivity contribution in [2.75, 3.05) is 33.9 Å². The number of hydrogen-bond donors (Lipinski definition) is 0. The molecule has 0 aromatic rings. The van der Waals surface area contributed by atoms with Gasteiger partial charge in [0.25, 0.3) is 0 Å². The molecule has 0 aliphatic heterocycles. The topological polar surface area (TPSA) is 55.8 Å². The maximum Gasteiger partial charge on any atom is 0.307 e. The monoisotopic (exact) mass is 231 g/mol. The van der Waals surface area contributed by atoms with Crippen molar-refractivity contribution < 1.29 is 19.1 Å². The van der Waals surface area contributed by atoms with E-state index in [1.54, 1.807) is 12.0 Å². The normalized spacial score (nSPS) is 9.94. The van der Waals surface area contributed by atoms with E-state index < -0.39 is 0 Å². The molecule has 0 bridgehead atoms. The van der Waals surface area contributed by atoms with Crippen LogP contribution >= 0.6 is 0 Å². The molecule has 5 heteroatoms. The van der Waals surface area contributed by atoms with Crippen LogP contribution in [-0.4, -0.2) is 50.7 Å². The molecule has 0 aliphatic rings. The highest BCUT2D eigenvalue weighted by Crippen LogP contribution is 1.99. The molecule has 16 heavy (non-hydrogen) atoms. The molecule has 0 spiro atoms. The molecule has 0 aliphatic carbocycles. The molecule has 0 fully saturated rings. The van der Waals surface area contributed by atoms with Crippen LogP contribution in [0.2, 0.25) is 0 Å². The van der Waals surface area contributed by atoms with Crippen molar-refractivity contribution in [1.29, 1.82) is 0 Å². The second-order valence-electron chi connectivity index (χ2n) is 3.41. The van der Waals surface area contributed by atoms with Crippen molar-refractivity contribution in [3.8, 4) is 0 Å². The Balaban J connectivity index is 4.00. The van der Waals surface area contributed by atoms with Gasteiger partial charge >= 0.3 is 5.97 Å². The average Bonchev–Trinajstić information content (AvgIpc) is 2.32. The molecule has 0 unspecified atom stereocenters. The van der Waals surface area contributed by atoms with Crippen LogP contribution in [0.3, 0.4) is 0 Å². The minimum absolute atomic E-state index is 0.0556. The Labute approximate surface area is 96.7 Å². The zero-order valence-electron chi connectivity index (χ0n) is 10.3. The minimum atomic E-state index is -0.291. The number of hydrogen-bond acceptors (Lipinski definition) is 4. The van der Waals surface area contributed by atoms with Crippen LogP contribution in [0, 0.1) is 0 Å². The molecular weight excluding hydrogens is 210 g/mol. The predicted octanol–water partition coefficient (Wildman–Crippen LogP) is 0.825. The van der Waals surface area contributed by atoms with E-state index in [2.05, 4.69) is 4.74 Å². The summed E-state index contributed by atoms with van der Waals surface area (Å²) in [4.78, 5) is 24.2. The fourth-order valence-electron chi connectivity index (χ4n) is 1.31. The number of esters is 1. The lowest BCUT2D eigenvalue weighted by Crippen LogP contribution is -2.34. The summed E-state index contributed by atoms with van der Waals surface area (Å²) >= 11 is 0. The summed E-state index contributed by atoms with van der Waals surface area (Å²) in [6.45, 7) is 3.47. The van der Waals surface area contributed by atoms with E-state index >= 15 is 0 Å². The highest BCUT2D eigenvalue weighted by Gasteiger charge is 2.12. The van der Waals surface area contributed by atoms with Crippen LogP contribution in [0.1, 0.15) is 26.2 Å². The number of ether oxygens (including phenoxy) is 2. The largest absolute Gasteiger partial charge is 0.469 e. The first-order valence-corrected chi connectivity index (χ1v) is 5.49. The zero-order valence-corrected chi connectivity index (χ0v) is 10.3. The van der Waals surface area contributed by atoms with E-state index in [4.69, 9.17) is 4.74 Å². The summed E-state index contributed by atoms with van der Waals surface area (Å²) in [6, 6.07) is 0. The molecule has 1 amide bonds. The molecule has 5 nitrogen and oxygen atoms in total. The lowest BCUT2D eigenvalue weighted by molar-refractivity contribution is -0.141. The molecule has 0 rings (SSSR count). The molecule has 0 aromatic carbocycles. The van der Waals surface area contributed by atoms with Crippen LogP contribution in [-0.2, 0) is 19.1 Å². The Morgan fingerprint density at radius 2 is 1.88 bits per heavy atom. The van der Waals surface area contributed by atoms with Crippen molar-refractivity contribution in [3.05, 3.63) is 0 Å². The highest BCUT2D eigenvalue weighted by atomic mass is 16.5. The van der Waals surface area contributed by atoms with E-state index in [0.717, 1.165) is 6.42 Å². The van der Waals surface area contributed by atoms with Crippen LogP contribution in [0.15, 0.2) is 0 Å². The Bertz CT molecular complexity index is 218. The fourth-order valence-corrected chi connectivity index (χ4v) is 1.31. The van der Waals surface area contributed by atoms with Gasteiger partial charge in [-0.1, -0.05) is 6.92 Å². The van der Waals surface area contributed by atoms with Gasteiger partial charge in [0.05, 0.1) is 13.5 Å². The third-order valence-corrected chi connectivity index (χ3v) is 2.25. The van der Waals surface area contributed by atoms with Gasteiger partial charge in [-0.25, -0.2) is 0 Å². The van der Waals surface area contributed by atoms with Gasteiger partial charge in [-0.3, -0.25) is 9.59 Å². The molecule has 0 aromatic heterocycles. The molecular formula is C11H21NO4. The van der Waals surface area contributed by atoms with Crippen molar-refractivity contribution in [1.82, 2.24) is 4.90 Å². The standard InChI is InChI=1S/C11H21NO4/c1-4-10(13)12(7-5-9-15-2)8-6-11(14)16-3/h4-9H2,1-3H3. The predicted molar refractivity (Wildman–Crippen MR) is 60.0 cm³/mol. The Kier molecular flexibility index (Phi) is 8.52. The van der Waals surface area contributed by atoms with Crippen molar-refractivity contribution in [3.63, 3.8) is 0 Å². The summed E-state index contributed by atoms with van der Waals surface area (Å²) < 4.78 is 9.46. The van der Waals surface area contributed by atoms with Crippen LogP contribution in [0.4, 0.5) is 0 Å². The van der Waals surface area contributed by atoms with Crippen LogP contribution in [0.5, 0.6) is 0 Å². The Morgan fingerprint density at radius 1 is 1.19 bits per heavy atom. The highest BCUT2D eigenvalue weighted by molar-refractivity contribution is 5.76. The van der Waals surface area contributed by atoms with Gasteiger partial charge in [0.15, 0.2) is 0 Å². The van der Waals surface area contributed by atoms with Crippen molar-refractivity contribution >= 4 is 11.9 Å². The molecule has 0 saturated heterocycles. The van der Waals surface area contributed by atoms with Gasteiger partial charge in [0.1, 0.15) is 0 Å². The summed E-state index contributed by atoms with van der Waals surface area (Å²) in [5.41, 5.74) is 0. The number of rotatable bonds is 8. The van der Waals surface area contributed by atoms with E-state index in [1.807, 2.05) is 6.92 Å². The second-order valence-corrected chi connectivity index (χ2v) is 3.41. The summed E-state index contributed by atoms with van der Waals surface area (Å²) in [7, 11) is 2.97. The zero-order chi connectivity index (χ0) is 12.4. The van der Waals surface area contributed by atoms with E-state index in [-0.39, 0.29) is 18.3 Å². The first kappa shape index (κ1) is 14.9. The number of amides is 1. The molecule has 0 saturated carbocycles. The Hall–Kier alpha value is -1.10. The lowest BCUT2D eigenvalue weighted by Gasteiger charge is -2.21. The first-order valence-electron chi connectivity index (χ1n) is 5.49. The maximum absolute atomic E-state index is 11.5. The Morgan fingerprint density at radius 3 is 2.38 bits per heavy atom. The van der Waals surface area contributed by atoms with E-state index in [0.29, 0.717) is 26.1 Å². The minimum Gasteiger partial charge on any atom is -0.469 e. The quantitative estimate of drug-likeness (QED) is 0.458. The number of nitrogens with zero attached hydrogens (tertiary/aromatic N) is 1. The summed E-state index contributed by atoms with van der Waals surface area (Å²) in [5.74, 6) is -0.236. The van der Waals surface area contributed by atoms with Gasteiger partial charge < -0.3 is 14.4 Å². The third kappa shape index (κ3) is 6.40. The van der Waals surface area contributed by atoms with Crippen LogP contribution < -0.4 is 0 Å². The smallest absolute Gasteiger partial charge is 0.307 e. The summed E-state index contributed by atoms with van der Waals surface area (Å²) in [5, 5.41) is 0. The second kappa shape index (κ2) is 9.15. The lowest BCUT2D eigenvalue weighted by atomic mass is 10.3. The molecule has 0 N–H and O–H groups in total. The van der Waals surface area contributed by atoms with E-state index in [9.17, 15) is 9.59 Å². The number of methoxy groups -OCH3 is 2. The van der Waals surface area contributed by atoms with Crippen LogP contribution in [0.25, 0.3) is 0 Å². The fraction of sp³-hybridized carbons (Fsp3) is 0.818. The average molecular weight is 231 g/mol. The SMILES string of the molecule is CCC(=O)N(CCCOC)CCC(=O)OC. The van der Waals surface area contributed by atoms with Crippen molar-refractivity contribution in [2.24, 2.45) is 0 Å². The van der Waals surface area contributed by atoms with Gasteiger partial charge in [0, 0.05) is 33.2 Å². The summed E-state index contributed by atoms with van der Waals surface area (Å²) in [6.07, 6.45) is 1.48. The maximum atomic E-state index is 11.5. The third-order valence-electron chi connectivity index (χ3n) is 2.25. The molecule has 0 radical (unpaired) electrons. The van der Waals surface area contributed by atoms with Gasteiger partial charge in [-0.15, -0.1) is 0 Å². The van der Waals surface area contributed by atoms with Gasteiger partial charge in [0.2, 0.25) is 5.91 Å². The first-order chi connectivity index (χ1) is 7.65. The molecule has 0 atom stereocenters. The molecule has 94 valence electrons. The van der Waals surface area contributed by atoms with Gasteiger partial charge in [-0.2, -0.15) is 0 Å². The van der Waals surface area contributed by atoms with E-state index in [1.165, 1.54) is 7.11 Å². The molecule has 0 heterocycles. The number of carbonyl (C=O) groups excluding carboxylic acids is 2. The number of carbonyl (C=O) groups is 2. The van der Waals surface area contributed by atoms with Crippen molar-refractivity contribution in [2.45, 2.75) is 26.2 Å².